The van der Waals surface area contributed by atoms with Crippen LogP contribution in [0.1, 0.15) is 41.5 Å². The van der Waals surface area contributed by atoms with Crippen LogP contribution in [-0.4, -0.2) is 37.2 Å². The molecule has 3 nitrogen and oxygen atoms in total. The first-order valence-electron chi connectivity index (χ1n) is 6.40. The van der Waals surface area contributed by atoms with Crippen molar-refractivity contribution in [3.8, 4) is 0 Å². The SMILES string of the molecule is CC(OCC(F)(F)F)[C@H](C)B1OC(C)(C)C(C)(C)O1. The second-order valence-corrected chi connectivity index (χ2v) is 6.12. The lowest BCUT2D eigenvalue weighted by Crippen LogP contribution is -2.41. The van der Waals surface area contributed by atoms with E-state index >= 15 is 0 Å². The summed E-state index contributed by atoms with van der Waals surface area (Å²) in [6.07, 6.45) is -4.92. The van der Waals surface area contributed by atoms with E-state index in [2.05, 4.69) is 0 Å². The quantitative estimate of drug-likeness (QED) is 0.739. The molecule has 19 heavy (non-hydrogen) atoms. The fraction of sp³-hybridized carbons (Fsp3) is 1.00. The van der Waals surface area contributed by atoms with E-state index in [0.29, 0.717) is 0 Å². The fourth-order valence-corrected chi connectivity index (χ4v) is 1.70. The Kier molecular flexibility index (Phi) is 4.65. The van der Waals surface area contributed by atoms with Crippen LogP contribution in [0.15, 0.2) is 0 Å². The summed E-state index contributed by atoms with van der Waals surface area (Å²) < 4.78 is 52.8. The van der Waals surface area contributed by atoms with Crippen LogP contribution >= 0.6 is 0 Å². The molecule has 1 aliphatic rings. The Labute approximate surface area is 112 Å². The van der Waals surface area contributed by atoms with E-state index < -0.39 is 37.2 Å². The molecule has 0 aromatic rings. The summed E-state index contributed by atoms with van der Waals surface area (Å²) >= 11 is 0. The van der Waals surface area contributed by atoms with Gasteiger partial charge in [-0.15, -0.1) is 0 Å². The Balaban J connectivity index is 2.58. The van der Waals surface area contributed by atoms with Crippen molar-refractivity contribution >= 4 is 7.12 Å². The number of alkyl halides is 3. The smallest absolute Gasteiger partial charge is 0.403 e. The fourth-order valence-electron chi connectivity index (χ4n) is 1.70. The lowest BCUT2D eigenvalue weighted by Gasteiger charge is -2.32. The van der Waals surface area contributed by atoms with Gasteiger partial charge in [-0.05, 0) is 34.6 Å². The van der Waals surface area contributed by atoms with E-state index in [9.17, 15) is 13.2 Å². The Hall–Kier alpha value is -0.265. The van der Waals surface area contributed by atoms with Gasteiger partial charge in [0.15, 0.2) is 0 Å². The third-order valence-corrected chi connectivity index (χ3v) is 3.95. The maximum Gasteiger partial charge on any atom is 0.463 e. The summed E-state index contributed by atoms with van der Waals surface area (Å²) in [6, 6.07) is 0. The van der Waals surface area contributed by atoms with Crippen molar-refractivity contribution in [3.63, 3.8) is 0 Å². The normalized spacial score (nSPS) is 25.4. The van der Waals surface area contributed by atoms with Gasteiger partial charge in [0.25, 0.3) is 0 Å². The Morgan fingerprint density at radius 2 is 1.47 bits per heavy atom. The highest BCUT2D eigenvalue weighted by atomic mass is 19.4. The highest BCUT2D eigenvalue weighted by molar-refractivity contribution is 6.47. The van der Waals surface area contributed by atoms with Crippen molar-refractivity contribution in [2.24, 2.45) is 0 Å². The molecule has 1 rings (SSSR count). The molecule has 1 fully saturated rings. The van der Waals surface area contributed by atoms with Crippen molar-refractivity contribution in [3.05, 3.63) is 0 Å². The van der Waals surface area contributed by atoms with Gasteiger partial charge in [-0.25, -0.2) is 0 Å². The Morgan fingerprint density at radius 1 is 1.05 bits per heavy atom. The van der Waals surface area contributed by atoms with Gasteiger partial charge in [0.2, 0.25) is 0 Å². The first-order valence-corrected chi connectivity index (χ1v) is 6.40. The van der Waals surface area contributed by atoms with Crippen molar-refractivity contribution in [2.75, 3.05) is 6.61 Å². The number of rotatable bonds is 4. The molecule has 0 bridgehead atoms. The average molecular weight is 282 g/mol. The molecule has 0 saturated carbocycles. The summed E-state index contributed by atoms with van der Waals surface area (Å²) in [5.74, 6) is -0.289. The maximum atomic E-state index is 12.1. The first kappa shape index (κ1) is 16.8. The van der Waals surface area contributed by atoms with Crippen molar-refractivity contribution < 1.29 is 27.2 Å². The maximum absolute atomic E-state index is 12.1. The van der Waals surface area contributed by atoms with Crippen LogP contribution in [0.5, 0.6) is 0 Å². The molecule has 1 saturated heterocycles. The minimum Gasteiger partial charge on any atom is -0.403 e. The van der Waals surface area contributed by atoms with E-state index in [4.69, 9.17) is 14.0 Å². The Bertz CT molecular complexity index is 302. The second-order valence-electron chi connectivity index (χ2n) is 6.12. The van der Waals surface area contributed by atoms with E-state index in [0.717, 1.165) is 0 Å². The van der Waals surface area contributed by atoms with E-state index in [1.165, 1.54) is 0 Å². The largest absolute Gasteiger partial charge is 0.463 e. The van der Waals surface area contributed by atoms with Gasteiger partial charge in [-0.1, -0.05) is 6.92 Å². The molecule has 112 valence electrons. The second kappa shape index (κ2) is 5.26. The predicted octanol–water partition coefficient (Wildman–Crippen LogP) is 3.44. The predicted molar refractivity (Wildman–Crippen MR) is 67.0 cm³/mol. The van der Waals surface area contributed by atoms with E-state index in [-0.39, 0.29) is 5.82 Å². The molecule has 0 radical (unpaired) electrons. The summed E-state index contributed by atoms with van der Waals surface area (Å²) in [5, 5.41) is 0. The van der Waals surface area contributed by atoms with Gasteiger partial charge in [0.05, 0.1) is 17.3 Å². The van der Waals surface area contributed by atoms with Crippen LogP contribution in [-0.2, 0) is 14.0 Å². The number of hydrogen-bond donors (Lipinski definition) is 0. The van der Waals surface area contributed by atoms with Gasteiger partial charge in [0.1, 0.15) is 6.61 Å². The molecule has 2 atom stereocenters. The van der Waals surface area contributed by atoms with Gasteiger partial charge in [-0.2, -0.15) is 13.2 Å². The van der Waals surface area contributed by atoms with Crippen molar-refractivity contribution in [1.82, 2.24) is 0 Å². The molecule has 1 heterocycles. The third kappa shape index (κ3) is 4.10. The summed E-state index contributed by atoms with van der Waals surface area (Å²) in [5.41, 5.74) is -0.981. The highest BCUT2D eigenvalue weighted by Crippen LogP contribution is 2.41. The zero-order chi connectivity index (χ0) is 15.1. The minimum atomic E-state index is -4.32. The number of ether oxygens (including phenoxy) is 1. The third-order valence-electron chi connectivity index (χ3n) is 3.95. The van der Waals surface area contributed by atoms with Gasteiger partial charge < -0.3 is 14.0 Å². The van der Waals surface area contributed by atoms with Crippen LogP contribution in [0, 0.1) is 0 Å². The molecule has 0 aromatic heterocycles. The van der Waals surface area contributed by atoms with E-state index in [1.54, 1.807) is 13.8 Å². The van der Waals surface area contributed by atoms with Gasteiger partial charge in [-0.3, -0.25) is 0 Å². The summed E-state index contributed by atoms with van der Waals surface area (Å²) in [4.78, 5) is 0. The zero-order valence-electron chi connectivity index (χ0n) is 12.3. The first-order chi connectivity index (χ1) is 8.36. The molecule has 1 aliphatic heterocycles. The van der Waals surface area contributed by atoms with Crippen LogP contribution in [0.4, 0.5) is 13.2 Å². The summed E-state index contributed by atoms with van der Waals surface area (Å²) in [6.45, 7) is 9.73. The van der Waals surface area contributed by atoms with Crippen molar-refractivity contribution in [2.45, 2.75) is 70.8 Å². The minimum absolute atomic E-state index is 0.289. The monoisotopic (exact) mass is 282 g/mol. The zero-order valence-corrected chi connectivity index (χ0v) is 12.3. The molecule has 0 aliphatic carbocycles. The Morgan fingerprint density at radius 3 is 1.84 bits per heavy atom. The number of hydrogen-bond acceptors (Lipinski definition) is 3. The molecule has 7 heteroatoms. The van der Waals surface area contributed by atoms with Crippen LogP contribution < -0.4 is 0 Å². The van der Waals surface area contributed by atoms with Crippen LogP contribution in [0.2, 0.25) is 5.82 Å². The van der Waals surface area contributed by atoms with Crippen LogP contribution in [0.3, 0.4) is 0 Å². The average Bonchev–Trinajstić information content (AvgIpc) is 2.42. The lowest BCUT2D eigenvalue weighted by molar-refractivity contribution is -0.184. The highest BCUT2D eigenvalue weighted by Gasteiger charge is 2.53. The summed E-state index contributed by atoms with van der Waals surface area (Å²) in [7, 11) is -0.562. The number of halogens is 3. The topological polar surface area (TPSA) is 27.7 Å². The molecule has 0 N–H and O–H groups in total. The van der Waals surface area contributed by atoms with Crippen LogP contribution in [0.25, 0.3) is 0 Å². The molecular formula is C12H22BF3O3. The standard InChI is InChI=1S/C12H22BF3O3/c1-8(9(2)17-7-12(14,15)16)13-18-10(3,4)11(5,6)19-13/h8-9H,7H2,1-6H3/t8-,9?/m0/s1. The molecule has 0 aromatic carbocycles. The van der Waals surface area contributed by atoms with Gasteiger partial charge in [0, 0.05) is 5.82 Å². The van der Waals surface area contributed by atoms with Gasteiger partial charge >= 0.3 is 13.3 Å². The molecule has 0 amide bonds. The van der Waals surface area contributed by atoms with Crippen molar-refractivity contribution in [1.29, 1.82) is 0 Å². The molecule has 0 spiro atoms. The molecule has 1 unspecified atom stereocenters. The van der Waals surface area contributed by atoms with E-state index in [1.807, 2.05) is 27.7 Å². The molecular weight excluding hydrogens is 260 g/mol. The lowest BCUT2D eigenvalue weighted by atomic mass is 9.70.